The Morgan fingerprint density at radius 2 is 1.82 bits per heavy atom. The minimum atomic E-state index is -3.31. The summed E-state index contributed by atoms with van der Waals surface area (Å²) >= 11 is 0. The first-order valence-electron chi connectivity index (χ1n) is 13.5. The van der Waals surface area contributed by atoms with Gasteiger partial charge in [0.2, 0.25) is 8.41 Å². The molecule has 1 fully saturated rings. The Balaban J connectivity index is 1.57. The molecule has 3 aromatic rings. The molecule has 2 N–H and O–H groups in total. The summed E-state index contributed by atoms with van der Waals surface area (Å²) in [6, 6.07) is 21.8. The lowest BCUT2D eigenvalue weighted by Crippen LogP contribution is -2.45. The zero-order valence-corrected chi connectivity index (χ0v) is 24.2. The molecule has 0 bridgehead atoms. The number of fused-ring (bicyclic) bond motifs is 2. The Morgan fingerprint density at radius 1 is 1.12 bits per heavy atom. The van der Waals surface area contributed by atoms with Crippen molar-refractivity contribution in [3.05, 3.63) is 89.5 Å². The number of hydrogen-bond donors (Lipinski definition) is 2. The minimum Gasteiger partial charge on any atom is -0.497 e. The first-order valence-corrected chi connectivity index (χ1v) is 16.5. The number of halogens is 1. The summed E-state index contributed by atoms with van der Waals surface area (Å²) in [5, 5.41) is 12.7. The molecule has 2 aliphatic rings. The number of amides is 2. The van der Waals surface area contributed by atoms with Gasteiger partial charge in [-0.3, -0.25) is 9.59 Å². The van der Waals surface area contributed by atoms with Crippen LogP contribution in [0.4, 0.5) is 15.5 Å². The molecule has 5 rings (SSSR count). The van der Waals surface area contributed by atoms with E-state index in [0.29, 0.717) is 34.8 Å². The average Bonchev–Trinajstić information content (AvgIpc) is 3.36. The predicted molar refractivity (Wildman–Crippen MR) is 155 cm³/mol. The Bertz CT molecular complexity index is 1400. The maximum absolute atomic E-state index is 15.8. The molecule has 0 aromatic heterocycles. The fourth-order valence-electron chi connectivity index (χ4n) is 6.39. The number of rotatable bonds is 8. The summed E-state index contributed by atoms with van der Waals surface area (Å²) in [4.78, 5) is 29.1. The number of nitrogens with one attached hydrogen (secondary N) is 1. The molecular weight excluding hydrogens is 527 g/mol. The van der Waals surface area contributed by atoms with Crippen LogP contribution in [0.1, 0.15) is 34.8 Å². The summed E-state index contributed by atoms with van der Waals surface area (Å²) in [5.41, 5.74) is 1.27. The average molecular weight is 563 g/mol. The lowest BCUT2D eigenvalue weighted by Gasteiger charge is -2.31. The van der Waals surface area contributed by atoms with Gasteiger partial charge in [-0.05, 0) is 67.5 Å². The van der Waals surface area contributed by atoms with Gasteiger partial charge in [-0.1, -0.05) is 37.3 Å². The van der Waals surface area contributed by atoms with Crippen molar-refractivity contribution in [2.45, 2.75) is 50.2 Å². The highest BCUT2D eigenvalue weighted by molar-refractivity contribution is 6.72. The van der Waals surface area contributed by atoms with E-state index in [0.717, 1.165) is 5.56 Å². The lowest BCUT2D eigenvalue weighted by molar-refractivity contribution is -0.146. The van der Waals surface area contributed by atoms with E-state index in [1.807, 2.05) is 43.3 Å². The molecule has 7 nitrogen and oxygen atoms in total. The largest absolute Gasteiger partial charge is 0.497 e. The van der Waals surface area contributed by atoms with Gasteiger partial charge in [-0.2, -0.15) is 0 Å². The van der Waals surface area contributed by atoms with Crippen LogP contribution >= 0.6 is 0 Å². The van der Waals surface area contributed by atoms with Gasteiger partial charge in [0, 0.05) is 34.9 Å². The third-order valence-electron chi connectivity index (χ3n) is 8.17. The molecule has 40 heavy (non-hydrogen) atoms. The number of carbonyl (C=O) groups excluding carboxylic acids is 2. The third kappa shape index (κ3) is 4.82. The van der Waals surface area contributed by atoms with Crippen molar-refractivity contribution in [3.63, 3.8) is 0 Å². The van der Waals surface area contributed by atoms with Crippen LogP contribution in [0.2, 0.25) is 18.6 Å². The SMILES string of the molecule is COc1ccc(C(=O)Nc2ccc3c(c2)[C@@]2(O[C@H](CCO)[C@@H]([Si](C)(C)F)[C@@H]2C)C(=O)N3Cc2ccccc2)cc1. The summed E-state index contributed by atoms with van der Waals surface area (Å²) < 4.78 is 27.6. The molecule has 2 amide bonds. The number of aliphatic hydroxyl groups excluding tert-OH is 1. The second kappa shape index (κ2) is 10.8. The van der Waals surface area contributed by atoms with Crippen molar-refractivity contribution in [1.29, 1.82) is 0 Å². The van der Waals surface area contributed by atoms with Gasteiger partial charge in [0.15, 0.2) is 5.60 Å². The summed E-state index contributed by atoms with van der Waals surface area (Å²) in [6.45, 7) is 5.31. The van der Waals surface area contributed by atoms with Gasteiger partial charge in [0.25, 0.3) is 11.8 Å². The highest BCUT2D eigenvalue weighted by Crippen LogP contribution is 2.60. The molecule has 0 unspecified atom stereocenters. The standard InChI is InChI=1S/C31H35FN2O5Si/c1-20-28(40(3,4)32)27(16-17-35)39-31(20)25-18-23(33-29(36)22-10-13-24(38-2)14-11-22)12-15-26(25)34(30(31)37)19-21-8-6-5-7-9-21/h5-15,18,20,27-28,35H,16-17,19H2,1-4H3,(H,33,36)/t20-,27+,28-,31+/m0/s1. The minimum absolute atomic E-state index is 0.165. The summed E-state index contributed by atoms with van der Waals surface area (Å²) in [5.74, 6) is -0.390. The maximum atomic E-state index is 15.8. The smallest absolute Gasteiger partial charge is 0.264 e. The van der Waals surface area contributed by atoms with Crippen molar-refractivity contribution < 1.29 is 28.3 Å². The van der Waals surface area contributed by atoms with E-state index >= 15 is 4.11 Å². The molecule has 0 aliphatic carbocycles. The molecule has 0 radical (unpaired) electrons. The van der Waals surface area contributed by atoms with E-state index in [4.69, 9.17) is 9.47 Å². The number of hydrogen-bond acceptors (Lipinski definition) is 5. The van der Waals surface area contributed by atoms with Crippen molar-refractivity contribution in [2.75, 3.05) is 23.9 Å². The van der Waals surface area contributed by atoms with Crippen LogP contribution < -0.4 is 15.0 Å². The second-order valence-electron chi connectivity index (χ2n) is 11.1. The first kappa shape index (κ1) is 28.0. The third-order valence-corrected chi connectivity index (χ3v) is 10.6. The quantitative estimate of drug-likeness (QED) is 0.274. The van der Waals surface area contributed by atoms with Gasteiger partial charge >= 0.3 is 0 Å². The second-order valence-corrected chi connectivity index (χ2v) is 14.9. The molecule has 2 heterocycles. The molecular formula is C31H35FN2O5Si. The van der Waals surface area contributed by atoms with E-state index in [9.17, 15) is 14.7 Å². The number of carbonyl (C=O) groups is 2. The number of anilines is 2. The number of benzene rings is 3. The van der Waals surface area contributed by atoms with Crippen LogP contribution in [0.3, 0.4) is 0 Å². The fraction of sp³-hybridized carbons (Fsp3) is 0.355. The Morgan fingerprint density at radius 3 is 2.45 bits per heavy atom. The number of aliphatic hydroxyl groups is 1. The normalized spacial score (nSPS) is 23.9. The van der Waals surface area contributed by atoms with Crippen LogP contribution in [-0.4, -0.2) is 45.1 Å². The fourth-order valence-corrected chi connectivity index (χ4v) is 8.93. The van der Waals surface area contributed by atoms with E-state index in [1.165, 1.54) is 0 Å². The molecule has 1 saturated heterocycles. The van der Waals surface area contributed by atoms with Gasteiger partial charge in [0.1, 0.15) is 5.75 Å². The highest BCUT2D eigenvalue weighted by Gasteiger charge is 2.66. The molecule has 0 saturated carbocycles. The molecule has 210 valence electrons. The van der Waals surface area contributed by atoms with Crippen LogP contribution in [-0.2, 0) is 21.7 Å². The Labute approximate surface area is 235 Å². The monoisotopic (exact) mass is 562 g/mol. The van der Waals surface area contributed by atoms with Crippen LogP contribution in [0, 0.1) is 5.92 Å². The summed E-state index contributed by atoms with van der Waals surface area (Å²) in [6.07, 6.45) is -0.357. The maximum Gasteiger partial charge on any atom is 0.264 e. The molecule has 9 heteroatoms. The van der Waals surface area contributed by atoms with Crippen molar-refractivity contribution >= 4 is 31.6 Å². The van der Waals surface area contributed by atoms with Crippen molar-refractivity contribution in [3.8, 4) is 5.75 Å². The van der Waals surface area contributed by atoms with E-state index < -0.39 is 31.6 Å². The molecule has 4 atom stereocenters. The Kier molecular flexibility index (Phi) is 7.56. The van der Waals surface area contributed by atoms with Crippen molar-refractivity contribution in [2.24, 2.45) is 5.92 Å². The Hall–Kier alpha value is -3.53. The van der Waals surface area contributed by atoms with Crippen LogP contribution in [0.25, 0.3) is 0 Å². The van der Waals surface area contributed by atoms with Gasteiger partial charge < -0.3 is 28.9 Å². The van der Waals surface area contributed by atoms with Gasteiger partial charge in [0.05, 0.1) is 25.4 Å². The highest BCUT2D eigenvalue weighted by atomic mass is 28.4. The topological polar surface area (TPSA) is 88.1 Å². The van der Waals surface area contributed by atoms with E-state index in [-0.39, 0.29) is 24.8 Å². The molecule has 3 aromatic carbocycles. The first-order chi connectivity index (χ1) is 19.1. The zero-order chi connectivity index (χ0) is 28.7. The number of methoxy groups -OCH3 is 1. The van der Waals surface area contributed by atoms with E-state index in [1.54, 1.807) is 61.5 Å². The molecule has 1 spiro atoms. The van der Waals surface area contributed by atoms with Gasteiger partial charge in [-0.15, -0.1) is 0 Å². The zero-order valence-electron chi connectivity index (χ0n) is 23.2. The number of nitrogens with zero attached hydrogens (tertiary/aromatic N) is 1. The van der Waals surface area contributed by atoms with Crippen LogP contribution in [0.5, 0.6) is 5.75 Å². The predicted octanol–water partition coefficient (Wildman–Crippen LogP) is 5.65. The number of ether oxygens (including phenoxy) is 2. The van der Waals surface area contributed by atoms with Crippen molar-refractivity contribution in [1.82, 2.24) is 0 Å². The van der Waals surface area contributed by atoms with Gasteiger partial charge in [-0.25, -0.2) is 0 Å². The van der Waals surface area contributed by atoms with E-state index in [2.05, 4.69) is 5.32 Å². The lowest BCUT2D eigenvalue weighted by atomic mass is 9.82. The summed E-state index contributed by atoms with van der Waals surface area (Å²) in [7, 11) is -1.75. The molecule has 2 aliphatic heterocycles. The van der Waals surface area contributed by atoms with Crippen LogP contribution in [0.15, 0.2) is 72.8 Å².